The van der Waals surface area contributed by atoms with Crippen molar-refractivity contribution in [2.45, 2.75) is 34.1 Å². The van der Waals surface area contributed by atoms with Crippen molar-refractivity contribution in [2.24, 2.45) is 0 Å². The van der Waals surface area contributed by atoms with Crippen LogP contribution >= 0.6 is 11.3 Å². The Kier molecular flexibility index (Phi) is 5.41. The van der Waals surface area contributed by atoms with Crippen molar-refractivity contribution in [1.82, 2.24) is 20.6 Å². The molecule has 0 fully saturated rings. The number of benzene rings is 1. The largest absolute Gasteiger partial charge is 0.279 e. The summed E-state index contributed by atoms with van der Waals surface area (Å²) in [7, 11) is 0. The minimum absolute atomic E-state index is 0.318. The van der Waals surface area contributed by atoms with Gasteiger partial charge in [-0.1, -0.05) is 25.1 Å². The van der Waals surface area contributed by atoms with E-state index < -0.39 is 0 Å². The summed E-state index contributed by atoms with van der Waals surface area (Å²) in [5.41, 5.74) is 8.74. The summed E-state index contributed by atoms with van der Waals surface area (Å²) in [4.78, 5) is 26.7. The van der Waals surface area contributed by atoms with E-state index in [0.717, 1.165) is 17.7 Å². The number of rotatable bonds is 4. The molecule has 27 heavy (non-hydrogen) atoms. The maximum Gasteiger partial charge on any atom is 0.279 e. The Bertz CT molecular complexity index is 989. The summed E-state index contributed by atoms with van der Waals surface area (Å²) in [6.45, 7) is 7.65. The first-order valence-electron chi connectivity index (χ1n) is 8.74. The molecule has 2 N–H and O–H groups in total. The van der Waals surface area contributed by atoms with Crippen molar-refractivity contribution in [3.63, 3.8) is 0 Å². The van der Waals surface area contributed by atoms with Crippen LogP contribution in [-0.2, 0) is 6.42 Å². The van der Waals surface area contributed by atoms with E-state index in [9.17, 15) is 9.59 Å². The number of nitrogens with zero attached hydrogens (tertiary/aromatic N) is 2. The molecular weight excluding hydrogens is 360 g/mol. The van der Waals surface area contributed by atoms with Gasteiger partial charge in [-0.3, -0.25) is 20.4 Å². The number of para-hydroxylation sites is 1. The van der Waals surface area contributed by atoms with E-state index in [2.05, 4.69) is 22.9 Å². The van der Waals surface area contributed by atoms with Crippen LogP contribution in [0.1, 0.15) is 48.8 Å². The highest BCUT2D eigenvalue weighted by atomic mass is 32.1. The quantitative estimate of drug-likeness (QED) is 0.678. The normalized spacial score (nSPS) is 10.7. The number of carbonyl (C=O) groups is 2. The van der Waals surface area contributed by atoms with Crippen LogP contribution in [-0.4, -0.2) is 21.6 Å². The number of hydrogen-bond acceptors (Lipinski definition) is 4. The zero-order valence-corrected chi connectivity index (χ0v) is 16.6. The molecule has 1 aromatic carbocycles. The highest BCUT2D eigenvalue weighted by Gasteiger charge is 2.20. The van der Waals surface area contributed by atoms with Crippen LogP contribution in [0.4, 0.5) is 0 Å². The van der Waals surface area contributed by atoms with E-state index in [0.29, 0.717) is 21.8 Å². The number of aryl methyl sites for hydroxylation is 3. The SMILES string of the molecule is CCc1sc(C(=O)NNC(=O)c2c(C)nn(-c3ccccc3)c2C)cc1C. The van der Waals surface area contributed by atoms with Gasteiger partial charge in [0.05, 0.1) is 27.5 Å². The Labute approximate surface area is 162 Å². The third kappa shape index (κ3) is 3.78. The molecule has 0 spiro atoms. The zero-order chi connectivity index (χ0) is 19.6. The van der Waals surface area contributed by atoms with Crippen molar-refractivity contribution in [2.75, 3.05) is 0 Å². The Hall–Kier alpha value is -2.93. The van der Waals surface area contributed by atoms with Gasteiger partial charge in [0, 0.05) is 4.88 Å². The second kappa shape index (κ2) is 7.75. The Balaban J connectivity index is 1.75. The molecule has 3 aromatic rings. The molecule has 0 saturated heterocycles. The first-order chi connectivity index (χ1) is 12.9. The van der Waals surface area contributed by atoms with Crippen molar-refractivity contribution < 1.29 is 9.59 Å². The monoisotopic (exact) mass is 382 g/mol. The fourth-order valence-electron chi connectivity index (χ4n) is 3.01. The fourth-order valence-corrected chi connectivity index (χ4v) is 4.02. The van der Waals surface area contributed by atoms with Gasteiger partial charge in [-0.05, 0) is 51.0 Å². The van der Waals surface area contributed by atoms with E-state index >= 15 is 0 Å². The first kappa shape index (κ1) is 18.8. The van der Waals surface area contributed by atoms with Crippen LogP contribution < -0.4 is 10.9 Å². The van der Waals surface area contributed by atoms with Gasteiger partial charge in [-0.15, -0.1) is 11.3 Å². The predicted octanol–water partition coefficient (Wildman–Crippen LogP) is 3.50. The molecule has 0 radical (unpaired) electrons. The van der Waals surface area contributed by atoms with Gasteiger partial charge in [0.2, 0.25) is 0 Å². The van der Waals surface area contributed by atoms with Crippen molar-refractivity contribution >= 4 is 23.2 Å². The van der Waals surface area contributed by atoms with Crippen LogP contribution in [0, 0.1) is 20.8 Å². The molecule has 0 bridgehead atoms. The lowest BCUT2D eigenvalue weighted by Gasteiger charge is -2.07. The number of hydrazine groups is 1. The highest BCUT2D eigenvalue weighted by Crippen LogP contribution is 2.22. The third-order valence-electron chi connectivity index (χ3n) is 4.37. The van der Waals surface area contributed by atoms with Gasteiger partial charge >= 0.3 is 0 Å². The zero-order valence-electron chi connectivity index (χ0n) is 15.8. The Morgan fingerprint density at radius 1 is 1.07 bits per heavy atom. The summed E-state index contributed by atoms with van der Waals surface area (Å²) in [5, 5.41) is 4.46. The smallest absolute Gasteiger partial charge is 0.267 e. The number of hydrogen-bond donors (Lipinski definition) is 2. The standard InChI is InChI=1S/C20H22N4O2S/c1-5-16-12(2)11-17(27-16)19(25)21-22-20(26)18-13(3)23-24(14(18)4)15-9-7-6-8-10-15/h6-11H,5H2,1-4H3,(H,21,25)(H,22,26). The molecule has 0 unspecified atom stereocenters. The molecule has 140 valence electrons. The number of carbonyl (C=O) groups excluding carboxylic acids is 2. The summed E-state index contributed by atoms with van der Waals surface area (Å²) in [6.07, 6.45) is 0.882. The molecule has 0 atom stereocenters. The molecule has 0 aliphatic carbocycles. The summed E-state index contributed by atoms with van der Waals surface area (Å²) in [5.74, 6) is -0.702. The molecule has 2 amide bonds. The van der Waals surface area contributed by atoms with E-state index in [-0.39, 0.29) is 11.8 Å². The number of aromatic nitrogens is 2. The van der Waals surface area contributed by atoms with Crippen LogP contribution in [0.3, 0.4) is 0 Å². The van der Waals surface area contributed by atoms with Gasteiger partial charge in [-0.25, -0.2) is 4.68 Å². The van der Waals surface area contributed by atoms with Gasteiger partial charge in [0.1, 0.15) is 0 Å². The number of nitrogens with one attached hydrogen (secondary N) is 2. The number of thiophene rings is 1. The maximum absolute atomic E-state index is 12.6. The summed E-state index contributed by atoms with van der Waals surface area (Å²) < 4.78 is 1.72. The molecule has 3 rings (SSSR count). The van der Waals surface area contributed by atoms with Gasteiger partial charge in [-0.2, -0.15) is 5.10 Å². The van der Waals surface area contributed by atoms with E-state index in [4.69, 9.17) is 0 Å². The van der Waals surface area contributed by atoms with Gasteiger partial charge in [0.15, 0.2) is 0 Å². The van der Waals surface area contributed by atoms with Gasteiger partial charge in [0.25, 0.3) is 11.8 Å². The molecule has 2 heterocycles. The molecule has 0 saturated carbocycles. The van der Waals surface area contributed by atoms with E-state index in [1.165, 1.54) is 16.2 Å². The second-order valence-corrected chi connectivity index (χ2v) is 7.41. The maximum atomic E-state index is 12.6. The molecule has 7 heteroatoms. The van der Waals surface area contributed by atoms with Crippen LogP contribution in [0.15, 0.2) is 36.4 Å². The lowest BCUT2D eigenvalue weighted by Crippen LogP contribution is -2.41. The van der Waals surface area contributed by atoms with Crippen LogP contribution in [0.25, 0.3) is 5.69 Å². The minimum Gasteiger partial charge on any atom is -0.267 e. The van der Waals surface area contributed by atoms with E-state index in [1.54, 1.807) is 11.6 Å². The molecular formula is C20H22N4O2S. The molecule has 6 nitrogen and oxygen atoms in total. The van der Waals surface area contributed by atoms with E-state index in [1.807, 2.05) is 50.2 Å². The fraction of sp³-hybridized carbons (Fsp3) is 0.250. The molecule has 2 aromatic heterocycles. The third-order valence-corrected chi connectivity index (χ3v) is 5.75. The molecule has 0 aliphatic heterocycles. The predicted molar refractivity (Wildman–Crippen MR) is 106 cm³/mol. The highest BCUT2D eigenvalue weighted by molar-refractivity contribution is 7.14. The lowest BCUT2D eigenvalue weighted by molar-refractivity contribution is 0.0848. The summed E-state index contributed by atoms with van der Waals surface area (Å²) >= 11 is 1.44. The van der Waals surface area contributed by atoms with Gasteiger partial charge < -0.3 is 0 Å². The van der Waals surface area contributed by atoms with Crippen molar-refractivity contribution in [3.8, 4) is 5.69 Å². The van der Waals surface area contributed by atoms with Crippen LogP contribution in [0.2, 0.25) is 0 Å². The topological polar surface area (TPSA) is 76.0 Å². The van der Waals surface area contributed by atoms with Crippen molar-refractivity contribution in [3.05, 3.63) is 68.7 Å². The summed E-state index contributed by atoms with van der Waals surface area (Å²) in [6, 6.07) is 11.4. The second-order valence-electron chi connectivity index (χ2n) is 6.27. The average molecular weight is 382 g/mol. The van der Waals surface area contributed by atoms with Crippen molar-refractivity contribution in [1.29, 1.82) is 0 Å². The Morgan fingerprint density at radius 2 is 1.74 bits per heavy atom. The minimum atomic E-state index is -0.385. The number of amides is 2. The average Bonchev–Trinajstić information content (AvgIpc) is 3.19. The first-order valence-corrected chi connectivity index (χ1v) is 9.55. The molecule has 0 aliphatic rings. The van der Waals surface area contributed by atoms with Crippen LogP contribution in [0.5, 0.6) is 0 Å². The Morgan fingerprint density at radius 3 is 2.37 bits per heavy atom. The lowest BCUT2D eigenvalue weighted by atomic mass is 10.2.